The Bertz CT molecular complexity index is 882. The number of anilines is 1. The molecule has 0 fully saturated rings. The third kappa shape index (κ3) is 5.01. The molecule has 0 heterocycles. The molecule has 2 aromatic rings. The maximum atomic E-state index is 12.4. The highest BCUT2D eigenvalue weighted by molar-refractivity contribution is 7.92. The van der Waals surface area contributed by atoms with Crippen LogP contribution in [-0.4, -0.2) is 26.1 Å². The van der Waals surface area contributed by atoms with Crippen molar-refractivity contribution in [2.45, 2.75) is 18.2 Å². The van der Waals surface area contributed by atoms with E-state index in [1.807, 2.05) is 0 Å². The highest BCUT2D eigenvalue weighted by atomic mass is 35.5. The van der Waals surface area contributed by atoms with Crippen LogP contribution < -0.4 is 4.72 Å². The van der Waals surface area contributed by atoms with Gasteiger partial charge in [0, 0.05) is 10.7 Å². The van der Waals surface area contributed by atoms with Crippen LogP contribution in [0.2, 0.25) is 10.0 Å². The van der Waals surface area contributed by atoms with Crippen LogP contribution in [0.4, 0.5) is 5.69 Å². The van der Waals surface area contributed by atoms with Crippen LogP contribution in [0.5, 0.6) is 5.75 Å². The number of aromatic hydroxyl groups is 1. The average molecular weight is 404 g/mol. The fraction of sp³-hybridized carbons (Fsp3) is 0.188. The normalized spacial score (nSPS) is 11.2. The molecule has 0 spiro atoms. The molecule has 0 aliphatic heterocycles. The second-order valence-electron chi connectivity index (χ2n) is 5.02. The van der Waals surface area contributed by atoms with Crippen molar-refractivity contribution in [1.29, 1.82) is 0 Å². The van der Waals surface area contributed by atoms with Gasteiger partial charge in [0.1, 0.15) is 4.90 Å². The Morgan fingerprint density at radius 1 is 1.20 bits per heavy atom. The van der Waals surface area contributed by atoms with Crippen molar-refractivity contribution in [2.75, 3.05) is 11.3 Å². The number of hydrogen-bond acceptors (Lipinski definition) is 5. The Morgan fingerprint density at radius 3 is 2.44 bits per heavy atom. The molecule has 0 amide bonds. The Labute approximate surface area is 155 Å². The fourth-order valence-electron chi connectivity index (χ4n) is 2.03. The molecule has 2 N–H and O–H groups in total. The number of carbonyl (C=O) groups is 1. The summed E-state index contributed by atoms with van der Waals surface area (Å²) < 4.78 is 32.0. The van der Waals surface area contributed by atoms with E-state index in [0.717, 1.165) is 6.07 Å². The van der Waals surface area contributed by atoms with E-state index in [0.29, 0.717) is 12.2 Å². The number of sulfonamides is 1. The van der Waals surface area contributed by atoms with Crippen LogP contribution in [0, 0.1) is 0 Å². The van der Waals surface area contributed by atoms with Crippen LogP contribution in [0.25, 0.3) is 0 Å². The van der Waals surface area contributed by atoms with Gasteiger partial charge in [-0.05, 0) is 36.8 Å². The van der Waals surface area contributed by atoms with E-state index in [2.05, 4.69) is 4.72 Å². The molecule has 0 saturated heterocycles. The van der Waals surface area contributed by atoms with Crippen molar-refractivity contribution in [1.82, 2.24) is 0 Å². The Morgan fingerprint density at radius 2 is 1.84 bits per heavy atom. The van der Waals surface area contributed by atoms with Gasteiger partial charge >= 0.3 is 5.97 Å². The first-order valence-electron chi connectivity index (χ1n) is 7.18. The van der Waals surface area contributed by atoms with Gasteiger partial charge in [-0.25, -0.2) is 8.42 Å². The second-order valence-corrected chi connectivity index (χ2v) is 7.51. The molecule has 0 aromatic heterocycles. The van der Waals surface area contributed by atoms with Gasteiger partial charge in [0.15, 0.2) is 5.75 Å². The number of nitrogens with one attached hydrogen (secondary N) is 1. The molecule has 2 rings (SSSR count). The number of rotatable bonds is 6. The summed E-state index contributed by atoms with van der Waals surface area (Å²) in [5, 5.41) is 9.78. The van der Waals surface area contributed by atoms with Gasteiger partial charge < -0.3 is 9.84 Å². The molecule has 6 nitrogen and oxygen atoms in total. The predicted octanol–water partition coefficient (Wildman–Crippen LogP) is 3.61. The zero-order valence-corrected chi connectivity index (χ0v) is 15.5. The molecule has 2 aromatic carbocycles. The zero-order valence-electron chi connectivity index (χ0n) is 13.1. The van der Waals surface area contributed by atoms with Gasteiger partial charge in [0.05, 0.1) is 18.1 Å². The lowest BCUT2D eigenvalue weighted by Crippen LogP contribution is -2.13. The molecule has 0 atom stereocenters. The van der Waals surface area contributed by atoms with E-state index in [1.54, 1.807) is 19.1 Å². The molecule has 134 valence electrons. The minimum atomic E-state index is -4.09. The maximum absolute atomic E-state index is 12.4. The van der Waals surface area contributed by atoms with E-state index in [4.69, 9.17) is 27.9 Å². The highest BCUT2D eigenvalue weighted by Gasteiger charge is 2.22. The third-order valence-corrected chi connectivity index (χ3v) is 5.04. The van der Waals surface area contributed by atoms with Crippen molar-refractivity contribution in [3.8, 4) is 5.75 Å². The number of ether oxygens (including phenoxy) is 1. The first-order valence-corrected chi connectivity index (χ1v) is 9.42. The summed E-state index contributed by atoms with van der Waals surface area (Å²) in [4.78, 5) is 11.0. The van der Waals surface area contributed by atoms with E-state index < -0.39 is 20.7 Å². The molecule has 9 heteroatoms. The van der Waals surface area contributed by atoms with E-state index >= 15 is 0 Å². The standard InChI is InChI=1S/C16H15Cl2NO5S/c1-2-24-15(20)7-10-3-5-12(6-4-10)19-25(22,23)14-9-11(17)8-13(18)16(14)21/h3-6,8-9,19,21H,2,7H2,1H3. The van der Waals surface area contributed by atoms with Gasteiger partial charge in [0.2, 0.25) is 0 Å². The lowest BCUT2D eigenvalue weighted by molar-refractivity contribution is -0.142. The lowest BCUT2D eigenvalue weighted by atomic mass is 10.1. The first kappa shape index (κ1) is 19.4. The molecule has 0 aliphatic carbocycles. The van der Waals surface area contributed by atoms with Crippen molar-refractivity contribution in [3.05, 3.63) is 52.0 Å². The summed E-state index contributed by atoms with van der Waals surface area (Å²) in [5.41, 5.74) is 0.929. The molecule has 0 radical (unpaired) electrons. The van der Waals surface area contributed by atoms with Crippen LogP contribution in [0.3, 0.4) is 0 Å². The smallest absolute Gasteiger partial charge is 0.310 e. The minimum Gasteiger partial charge on any atom is -0.505 e. The van der Waals surface area contributed by atoms with E-state index in [1.165, 1.54) is 18.2 Å². The van der Waals surface area contributed by atoms with Gasteiger partial charge in [-0.1, -0.05) is 35.3 Å². The lowest BCUT2D eigenvalue weighted by Gasteiger charge is -2.11. The quantitative estimate of drug-likeness (QED) is 0.718. The Hall–Kier alpha value is -1.96. The second kappa shape index (κ2) is 7.95. The number of carbonyl (C=O) groups excluding carboxylic acids is 1. The van der Waals surface area contributed by atoms with Gasteiger partial charge in [0.25, 0.3) is 10.0 Å². The minimum absolute atomic E-state index is 0.0768. The van der Waals surface area contributed by atoms with Crippen LogP contribution in [-0.2, 0) is 26.0 Å². The number of phenols is 1. The molecule has 0 aliphatic rings. The largest absolute Gasteiger partial charge is 0.505 e. The fourth-order valence-corrected chi connectivity index (χ4v) is 3.84. The number of benzene rings is 2. The van der Waals surface area contributed by atoms with Gasteiger partial charge in [-0.15, -0.1) is 0 Å². The van der Waals surface area contributed by atoms with Crippen LogP contribution in [0.1, 0.15) is 12.5 Å². The third-order valence-electron chi connectivity index (χ3n) is 3.14. The molecule has 0 bridgehead atoms. The zero-order chi connectivity index (χ0) is 18.6. The SMILES string of the molecule is CCOC(=O)Cc1ccc(NS(=O)(=O)c2cc(Cl)cc(Cl)c2O)cc1. The van der Waals surface area contributed by atoms with E-state index in [9.17, 15) is 18.3 Å². The summed E-state index contributed by atoms with van der Waals surface area (Å²) in [6.07, 6.45) is 0.0888. The van der Waals surface area contributed by atoms with Crippen LogP contribution in [0.15, 0.2) is 41.3 Å². The first-order chi connectivity index (χ1) is 11.7. The topological polar surface area (TPSA) is 92.7 Å². The predicted molar refractivity (Wildman–Crippen MR) is 95.7 cm³/mol. The van der Waals surface area contributed by atoms with Crippen molar-refractivity contribution in [3.63, 3.8) is 0 Å². The van der Waals surface area contributed by atoms with Gasteiger partial charge in [-0.2, -0.15) is 0 Å². The molecule has 0 saturated carbocycles. The summed E-state index contributed by atoms with van der Waals surface area (Å²) in [6.45, 7) is 2.01. The summed E-state index contributed by atoms with van der Waals surface area (Å²) in [6, 6.07) is 8.52. The number of halogens is 2. The molecular formula is C16H15Cl2NO5S. The average Bonchev–Trinajstić information content (AvgIpc) is 2.52. The summed E-state index contributed by atoms with van der Waals surface area (Å²) >= 11 is 11.5. The summed E-state index contributed by atoms with van der Waals surface area (Å²) in [7, 11) is -4.09. The monoisotopic (exact) mass is 403 g/mol. The van der Waals surface area contributed by atoms with E-state index in [-0.39, 0.29) is 28.1 Å². The summed E-state index contributed by atoms with van der Waals surface area (Å²) in [5.74, 6) is -0.952. The highest BCUT2D eigenvalue weighted by Crippen LogP contribution is 2.35. The van der Waals surface area contributed by atoms with Crippen LogP contribution >= 0.6 is 23.2 Å². The Kier molecular flexibility index (Phi) is 6.16. The van der Waals surface area contributed by atoms with Crippen molar-refractivity contribution < 1.29 is 23.1 Å². The number of hydrogen-bond donors (Lipinski definition) is 2. The maximum Gasteiger partial charge on any atom is 0.310 e. The molecule has 25 heavy (non-hydrogen) atoms. The molecule has 0 unspecified atom stereocenters. The number of phenolic OH excluding ortho intramolecular Hbond substituents is 1. The Balaban J connectivity index is 2.20. The van der Waals surface area contributed by atoms with Gasteiger partial charge in [-0.3, -0.25) is 9.52 Å². The van der Waals surface area contributed by atoms with Crippen molar-refractivity contribution >= 4 is 44.9 Å². The number of esters is 1. The van der Waals surface area contributed by atoms with Crippen molar-refractivity contribution in [2.24, 2.45) is 0 Å². The molecular weight excluding hydrogens is 389 g/mol.